The highest BCUT2D eigenvalue weighted by Crippen LogP contribution is 2.31. The van der Waals surface area contributed by atoms with E-state index in [4.69, 9.17) is 16.3 Å². The number of aromatic nitrogens is 4. The quantitative estimate of drug-likeness (QED) is 0.764. The molecule has 3 rings (SSSR count). The molecular formula is C15H11ClN4O3. The minimum atomic E-state index is -0.536. The van der Waals surface area contributed by atoms with Crippen molar-refractivity contribution in [3.63, 3.8) is 0 Å². The van der Waals surface area contributed by atoms with Crippen molar-refractivity contribution in [1.82, 2.24) is 19.9 Å². The van der Waals surface area contributed by atoms with E-state index in [0.29, 0.717) is 28.4 Å². The molecule has 1 aromatic carbocycles. The summed E-state index contributed by atoms with van der Waals surface area (Å²) in [7, 11) is 1.45. The van der Waals surface area contributed by atoms with Crippen molar-refractivity contribution in [2.45, 2.75) is 0 Å². The maximum Gasteiger partial charge on any atom is 0.346 e. The average Bonchev–Trinajstić information content (AvgIpc) is 2.54. The fraction of sp³-hybridized carbons (Fsp3) is 0.0667. The van der Waals surface area contributed by atoms with Crippen LogP contribution in [0.25, 0.3) is 22.6 Å². The molecule has 3 aromatic rings. The normalized spacial score (nSPS) is 10.5. The van der Waals surface area contributed by atoms with Crippen LogP contribution in [0.5, 0.6) is 11.5 Å². The van der Waals surface area contributed by atoms with Crippen LogP contribution in [0.2, 0.25) is 5.15 Å². The van der Waals surface area contributed by atoms with Crippen LogP contribution in [0.1, 0.15) is 0 Å². The molecule has 0 spiro atoms. The standard InChI is InChI=1S/C15H11ClN4O3/c1-23-13-4-8(2-3-12(13)21)9-5-10(20-15(22)19-9)11-6-17-7-14(16)18-11/h2-7,21H,1H3,(H,19,20,22). The summed E-state index contributed by atoms with van der Waals surface area (Å²) in [5.41, 5.74) is 1.34. The topological polar surface area (TPSA) is 101 Å². The van der Waals surface area contributed by atoms with E-state index >= 15 is 0 Å². The summed E-state index contributed by atoms with van der Waals surface area (Å²) in [6.07, 6.45) is 2.86. The Bertz CT molecular complexity index is 927. The third-order valence-corrected chi connectivity index (χ3v) is 3.29. The number of methoxy groups -OCH3 is 1. The Kier molecular flexibility index (Phi) is 3.94. The third kappa shape index (κ3) is 3.14. The van der Waals surface area contributed by atoms with Crippen molar-refractivity contribution < 1.29 is 9.84 Å². The Labute approximate surface area is 135 Å². The van der Waals surface area contributed by atoms with Gasteiger partial charge in [0.25, 0.3) is 0 Å². The molecule has 0 saturated carbocycles. The molecule has 2 heterocycles. The lowest BCUT2D eigenvalue weighted by atomic mass is 10.1. The number of benzene rings is 1. The number of nitrogens with one attached hydrogen (secondary N) is 1. The van der Waals surface area contributed by atoms with E-state index < -0.39 is 5.69 Å². The van der Waals surface area contributed by atoms with Gasteiger partial charge in [-0.25, -0.2) is 9.78 Å². The summed E-state index contributed by atoms with van der Waals surface area (Å²) in [4.78, 5) is 26.4. The van der Waals surface area contributed by atoms with Crippen LogP contribution in [0.15, 0.2) is 41.5 Å². The molecule has 0 saturated heterocycles. The van der Waals surface area contributed by atoms with Crippen LogP contribution in [-0.4, -0.2) is 32.2 Å². The summed E-state index contributed by atoms with van der Waals surface area (Å²) in [5, 5.41) is 9.86. The van der Waals surface area contributed by atoms with Gasteiger partial charge in [0.15, 0.2) is 11.5 Å². The zero-order chi connectivity index (χ0) is 16.4. The van der Waals surface area contributed by atoms with Gasteiger partial charge in [0.1, 0.15) is 10.8 Å². The Hall–Kier alpha value is -2.93. The fourth-order valence-corrected chi connectivity index (χ4v) is 2.20. The van der Waals surface area contributed by atoms with Crippen LogP contribution in [0, 0.1) is 0 Å². The maximum atomic E-state index is 11.8. The van der Waals surface area contributed by atoms with Crippen LogP contribution in [-0.2, 0) is 0 Å². The van der Waals surface area contributed by atoms with E-state index in [0.717, 1.165) is 0 Å². The molecule has 0 unspecified atom stereocenters. The van der Waals surface area contributed by atoms with E-state index in [9.17, 15) is 9.90 Å². The minimum Gasteiger partial charge on any atom is -0.504 e. The molecule has 0 atom stereocenters. The Balaban J connectivity index is 2.13. The highest BCUT2D eigenvalue weighted by molar-refractivity contribution is 6.29. The first kappa shape index (κ1) is 15.0. The first-order valence-corrected chi connectivity index (χ1v) is 6.91. The highest BCUT2D eigenvalue weighted by Gasteiger charge is 2.10. The van der Waals surface area contributed by atoms with Gasteiger partial charge in [0.05, 0.1) is 30.9 Å². The number of H-pyrrole nitrogens is 1. The molecule has 7 nitrogen and oxygen atoms in total. The zero-order valence-corrected chi connectivity index (χ0v) is 12.7. The van der Waals surface area contributed by atoms with E-state index in [1.54, 1.807) is 18.2 Å². The fourth-order valence-electron chi connectivity index (χ4n) is 2.06. The van der Waals surface area contributed by atoms with Gasteiger partial charge in [-0.1, -0.05) is 11.6 Å². The molecule has 2 aromatic heterocycles. The zero-order valence-electron chi connectivity index (χ0n) is 11.9. The first-order chi connectivity index (χ1) is 11.1. The lowest BCUT2D eigenvalue weighted by Gasteiger charge is -2.08. The molecule has 0 aliphatic heterocycles. The second kappa shape index (κ2) is 6.05. The maximum absolute atomic E-state index is 11.8. The van der Waals surface area contributed by atoms with Crippen molar-refractivity contribution in [2.75, 3.05) is 7.11 Å². The van der Waals surface area contributed by atoms with Gasteiger partial charge in [-0.15, -0.1) is 0 Å². The van der Waals surface area contributed by atoms with Gasteiger partial charge in [-0.05, 0) is 24.3 Å². The number of aromatic hydroxyl groups is 1. The number of hydrogen-bond donors (Lipinski definition) is 2. The van der Waals surface area contributed by atoms with Crippen molar-refractivity contribution in [2.24, 2.45) is 0 Å². The predicted octanol–water partition coefficient (Wildman–Crippen LogP) is 2.26. The molecule has 0 aliphatic carbocycles. The monoisotopic (exact) mass is 330 g/mol. The van der Waals surface area contributed by atoms with Crippen molar-refractivity contribution in [1.29, 1.82) is 0 Å². The number of phenols is 1. The van der Waals surface area contributed by atoms with Crippen LogP contribution in [0.3, 0.4) is 0 Å². The van der Waals surface area contributed by atoms with Gasteiger partial charge in [-0.3, -0.25) is 4.98 Å². The second-order valence-electron chi connectivity index (χ2n) is 4.60. The summed E-state index contributed by atoms with van der Waals surface area (Å²) >= 11 is 5.82. The molecule has 0 bridgehead atoms. The number of hydrogen-bond acceptors (Lipinski definition) is 6. The van der Waals surface area contributed by atoms with Crippen molar-refractivity contribution in [3.8, 4) is 34.1 Å². The predicted molar refractivity (Wildman–Crippen MR) is 84.5 cm³/mol. The number of halogens is 1. The smallest absolute Gasteiger partial charge is 0.346 e. The van der Waals surface area contributed by atoms with E-state index in [2.05, 4.69) is 19.9 Å². The highest BCUT2D eigenvalue weighted by atomic mass is 35.5. The molecule has 0 radical (unpaired) electrons. The van der Waals surface area contributed by atoms with Gasteiger partial charge >= 0.3 is 5.69 Å². The number of rotatable bonds is 3. The van der Waals surface area contributed by atoms with Crippen molar-refractivity contribution >= 4 is 11.6 Å². The van der Waals surface area contributed by atoms with Crippen molar-refractivity contribution in [3.05, 3.63) is 52.3 Å². The number of ether oxygens (including phenoxy) is 1. The number of nitrogens with zero attached hydrogens (tertiary/aromatic N) is 3. The lowest BCUT2D eigenvalue weighted by molar-refractivity contribution is 0.373. The van der Waals surface area contributed by atoms with E-state index in [-0.39, 0.29) is 10.9 Å². The third-order valence-electron chi connectivity index (χ3n) is 3.10. The van der Waals surface area contributed by atoms with Gasteiger partial charge in [0, 0.05) is 5.56 Å². The minimum absolute atomic E-state index is 0.00795. The molecule has 0 aliphatic rings. The summed E-state index contributed by atoms with van der Waals surface area (Å²) < 4.78 is 5.07. The number of phenolic OH excluding ortho intramolecular Hbond substituents is 1. The molecule has 0 amide bonds. The van der Waals surface area contributed by atoms with Crippen LogP contribution in [0.4, 0.5) is 0 Å². The Morgan fingerprint density at radius 3 is 2.74 bits per heavy atom. The summed E-state index contributed by atoms with van der Waals surface area (Å²) in [6, 6.07) is 6.38. The first-order valence-electron chi connectivity index (χ1n) is 6.53. The summed E-state index contributed by atoms with van der Waals surface area (Å²) in [6.45, 7) is 0. The van der Waals surface area contributed by atoms with Gasteiger partial charge in [0.2, 0.25) is 0 Å². The molecule has 0 fully saturated rings. The lowest BCUT2D eigenvalue weighted by Crippen LogP contribution is -2.12. The molecule has 2 N–H and O–H groups in total. The van der Waals surface area contributed by atoms with Crippen LogP contribution >= 0.6 is 11.6 Å². The molecule has 116 valence electrons. The van der Waals surface area contributed by atoms with Crippen LogP contribution < -0.4 is 10.4 Å². The average molecular weight is 331 g/mol. The SMILES string of the molecule is COc1cc(-c2cc(-c3cncc(Cl)n3)nc(=O)[nH]2)ccc1O. The Morgan fingerprint density at radius 2 is 2.00 bits per heavy atom. The molecular weight excluding hydrogens is 320 g/mol. The van der Waals surface area contributed by atoms with Gasteiger partial charge in [-0.2, -0.15) is 4.98 Å². The second-order valence-corrected chi connectivity index (χ2v) is 4.99. The molecule has 8 heteroatoms. The van der Waals surface area contributed by atoms with Gasteiger partial charge < -0.3 is 14.8 Å². The Morgan fingerprint density at radius 1 is 1.17 bits per heavy atom. The largest absolute Gasteiger partial charge is 0.504 e. The van der Waals surface area contributed by atoms with E-state index in [1.807, 2.05) is 0 Å². The molecule has 23 heavy (non-hydrogen) atoms. The summed E-state index contributed by atoms with van der Waals surface area (Å²) in [5.74, 6) is 0.304. The van der Waals surface area contributed by atoms with E-state index in [1.165, 1.54) is 25.6 Å². The number of aromatic amines is 1.